The number of nitrogens with one attached hydrogen (secondary N) is 2. The largest absolute Gasteiger partial charge is 0.497 e. The van der Waals surface area contributed by atoms with Crippen LogP contribution in [0, 0.1) is 0 Å². The Bertz CT molecular complexity index is 1140. The molecule has 0 aliphatic carbocycles. The second kappa shape index (κ2) is 10.7. The van der Waals surface area contributed by atoms with Gasteiger partial charge in [0.1, 0.15) is 12.0 Å². The van der Waals surface area contributed by atoms with Crippen molar-refractivity contribution in [3.8, 4) is 17.2 Å². The lowest BCUT2D eigenvalue weighted by molar-refractivity contribution is 0.1000. The normalized spacial score (nSPS) is 13.4. The molecule has 0 unspecified atom stereocenters. The van der Waals surface area contributed by atoms with Gasteiger partial charge in [0.15, 0.2) is 0 Å². The fourth-order valence-electron chi connectivity index (χ4n) is 3.96. The number of amides is 3. The van der Waals surface area contributed by atoms with E-state index in [0.717, 1.165) is 48.6 Å². The Morgan fingerprint density at radius 1 is 1.12 bits per heavy atom. The molecule has 2 heterocycles. The Morgan fingerprint density at radius 3 is 2.59 bits per heavy atom. The van der Waals surface area contributed by atoms with E-state index in [4.69, 9.17) is 14.9 Å². The molecule has 9 heteroatoms. The maximum atomic E-state index is 12.6. The van der Waals surface area contributed by atoms with Crippen molar-refractivity contribution in [2.24, 2.45) is 5.73 Å². The van der Waals surface area contributed by atoms with Crippen LogP contribution in [-0.4, -0.2) is 43.7 Å². The molecule has 0 spiro atoms. The van der Waals surface area contributed by atoms with E-state index in [0.29, 0.717) is 30.1 Å². The summed E-state index contributed by atoms with van der Waals surface area (Å²) in [6, 6.07) is 12.2. The van der Waals surface area contributed by atoms with Gasteiger partial charge < -0.3 is 30.4 Å². The number of anilines is 2. The number of piperidine rings is 1. The van der Waals surface area contributed by atoms with Gasteiger partial charge in [0, 0.05) is 37.2 Å². The second-order valence-electron chi connectivity index (χ2n) is 8.15. The molecule has 1 aromatic heterocycles. The van der Waals surface area contributed by atoms with Gasteiger partial charge in [-0.2, -0.15) is 0 Å². The minimum Gasteiger partial charge on any atom is -0.497 e. The number of ether oxygens (including phenoxy) is 1. The van der Waals surface area contributed by atoms with Crippen LogP contribution in [0.2, 0.25) is 0 Å². The molecule has 1 fully saturated rings. The quantitative estimate of drug-likeness (QED) is 0.467. The van der Waals surface area contributed by atoms with Crippen molar-refractivity contribution in [2.45, 2.75) is 25.7 Å². The number of carbonyl (C=O) groups is 2. The van der Waals surface area contributed by atoms with E-state index < -0.39 is 5.91 Å². The highest BCUT2D eigenvalue weighted by Crippen LogP contribution is 2.29. The Hall–Kier alpha value is -4.01. The number of carbonyl (C=O) groups excluding carboxylic acids is 2. The molecule has 1 aliphatic rings. The van der Waals surface area contributed by atoms with Crippen LogP contribution in [0.3, 0.4) is 0 Å². The molecule has 1 aliphatic heterocycles. The topological polar surface area (TPSA) is 123 Å². The SMILES string of the molecule is COc1ccc(-c2nc(CCNC(=O)Nc3cc(C(N)=O)ccc3N3CCCCC3)co2)cc1. The number of oxazole rings is 1. The maximum Gasteiger partial charge on any atom is 0.319 e. The number of rotatable bonds is 8. The number of benzene rings is 2. The highest BCUT2D eigenvalue weighted by atomic mass is 16.5. The van der Waals surface area contributed by atoms with Crippen molar-refractivity contribution in [1.82, 2.24) is 10.3 Å². The van der Waals surface area contributed by atoms with Gasteiger partial charge in [0.2, 0.25) is 11.8 Å². The lowest BCUT2D eigenvalue weighted by atomic mass is 10.1. The number of nitrogens with two attached hydrogens (primary N) is 1. The van der Waals surface area contributed by atoms with Gasteiger partial charge in [0.25, 0.3) is 0 Å². The molecule has 2 aromatic carbocycles. The molecule has 0 atom stereocenters. The molecule has 0 radical (unpaired) electrons. The van der Waals surface area contributed by atoms with E-state index in [1.54, 1.807) is 25.5 Å². The monoisotopic (exact) mass is 463 g/mol. The molecule has 34 heavy (non-hydrogen) atoms. The minimum absolute atomic E-state index is 0.352. The lowest BCUT2D eigenvalue weighted by Gasteiger charge is -2.30. The third-order valence-corrected chi connectivity index (χ3v) is 5.78. The fourth-order valence-corrected chi connectivity index (χ4v) is 3.96. The van der Waals surface area contributed by atoms with E-state index in [1.165, 1.54) is 6.42 Å². The molecule has 0 saturated carbocycles. The fraction of sp³-hybridized carbons (Fsp3) is 0.320. The molecule has 9 nitrogen and oxygen atoms in total. The molecular formula is C25H29N5O4. The van der Waals surface area contributed by atoms with Crippen molar-refractivity contribution in [1.29, 1.82) is 0 Å². The van der Waals surface area contributed by atoms with E-state index in [-0.39, 0.29) is 6.03 Å². The Labute approximate surface area is 198 Å². The van der Waals surface area contributed by atoms with Crippen LogP contribution in [0.25, 0.3) is 11.5 Å². The number of urea groups is 1. The average molecular weight is 464 g/mol. The van der Waals surface area contributed by atoms with Gasteiger partial charge in [-0.3, -0.25) is 4.79 Å². The highest BCUT2D eigenvalue weighted by molar-refractivity contribution is 5.98. The predicted molar refractivity (Wildman–Crippen MR) is 130 cm³/mol. The molecule has 4 N–H and O–H groups in total. The Kier molecular flexibility index (Phi) is 7.31. The van der Waals surface area contributed by atoms with Crippen molar-refractivity contribution in [3.05, 3.63) is 60.0 Å². The summed E-state index contributed by atoms with van der Waals surface area (Å²) in [4.78, 5) is 31.0. The van der Waals surface area contributed by atoms with E-state index in [1.807, 2.05) is 30.3 Å². The van der Waals surface area contributed by atoms with Gasteiger partial charge in [-0.05, 0) is 61.7 Å². The number of aromatic nitrogens is 1. The maximum absolute atomic E-state index is 12.6. The zero-order valence-electron chi connectivity index (χ0n) is 19.2. The third-order valence-electron chi connectivity index (χ3n) is 5.78. The summed E-state index contributed by atoms with van der Waals surface area (Å²) >= 11 is 0. The number of hydrogen-bond donors (Lipinski definition) is 3. The van der Waals surface area contributed by atoms with Crippen molar-refractivity contribution >= 4 is 23.3 Å². The van der Waals surface area contributed by atoms with Crippen LogP contribution in [0.4, 0.5) is 16.2 Å². The zero-order chi connectivity index (χ0) is 23.9. The number of nitrogens with zero attached hydrogens (tertiary/aromatic N) is 2. The summed E-state index contributed by atoms with van der Waals surface area (Å²) < 4.78 is 10.7. The van der Waals surface area contributed by atoms with Gasteiger partial charge in [-0.1, -0.05) is 0 Å². The van der Waals surface area contributed by atoms with Gasteiger partial charge in [-0.15, -0.1) is 0 Å². The molecule has 4 rings (SSSR count). The summed E-state index contributed by atoms with van der Waals surface area (Å²) in [7, 11) is 1.62. The van der Waals surface area contributed by atoms with Crippen LogP contribution in [0.5, 0.6) is 5.75 Å². The first-order chi connectivity index (χ1) is 16.5. The molecule has 1 saturated heterocycles. The average Bonchev–Trinajstić information content (AvgIpc) is 3.33. The van der Waals surface area contributed by atoms with E-state index >= 15 is 0 Å². The number of methoxy groups -OCH3 is 1. The van der Waals surface area contributed by atoms with E-state index in [2.05, 4.69) is 20.5 Å². The Morgan fingerprint density at radius 2 is 1.88 bits per heavy atom. The minimum atomic E-state index is -0.535. The third kappa shape index (κ3) is 5.67. The smallest absolute Gasteiger partial charge is 0.319 e. The summed E-state index contributed by atoms with van der Waals surface area (Å²) in [5.74, 6) is 0.736. The summed E-state index contributed by atoms with van der Waals surface area (Å²) in [5, 5.41) is 5.72. The van der Waals surface area contributed by atoms with Crippen LogP contribution in [0.15, 0.2) is 53.1 Å². The van der Waals surface area contributed by atoms with Crippen LogP contribution >= 0.6 is 0 Å². The van der Waals surface area contributed by atoms with Crippen molar-refractivity contribution in [3.63, 3.8) is 0 Å². The summed E-state index contributed by atoms with van der Waals surface area (Å²) in [6.45, 7) is 2.19. The molecule has 178 valence electrons. The molecule has 0 bridgehead atoms. The predicted octanol–water partition coefficient (Wildman–Crippen LogP) is 3.80. The molecule has 3 aromatic rings. The summed E-state index contributed by atoms with van der Waals surface area (Å²) in [6.07, 6.45) is 5.48. The van der Waals surface area contributed by atoms with Gasteiger partial charge >= 0.3 is 6.03 Å². The standard InChI is InChI=1S/C25H29N5O4/c1-33-20-8-5-17(6-9-20)24-28-19(16-34-24)11-12-27-25(32)29-21-15-18(23(26)31)7-10-22(21)30-13-3-2-4-14-30/h5-10,15-16H,2-4,11-14H2,1H3,(H2,26,31)(H2,27,29,32). The van der Waals surface area contributed by atoms with Crippen LogP contribution in [0.1, 0.15) is 35.3 Å². The second-order valence-corrected chi connectivity index (χ2v) is 8.15. The van der Waals surface area contributed by atoms with Crippen molar-refractivity contribution < 1.29 is 18.7 Å². The highest BCUT2D eigenvalue weighted by Gasteiger charge is 2.17. The van der Waals surface area contributed by atoms with E-state index in [9.17, 15) is 9.59 Å². The van der Waals surface area contributed by atoms with Crippen LogP contribution < -0.4 is 26.0 Å². The van der Waals surface area contributed by atoms with Crippen molar-refractivity contribution in [2.75, 3.05) is 37.0 Å². The summed E-state index contributed by atoms with van der Waals surface area (Å²) in [5.41, 5.74) is 8.83. The first-order valence-corrected chi connectivity index (χ1v) is 11.4. The lowest BCUT2D eigenvalue weighted by Crippen LogP contribution is -2.33. The Balaban J connectivity index is 1.35. The molecular weight excluding hydrogens is 434 g/mol. The van der Waals surface area contributed by atoms with Crippen LogP contribution in [-0.2, 0) is 6.42 Å². The van der Waals surface area contributed by atoms with Gasteiger partial charge in [0.05, 0.1) is 24.2 Å². The van der Waals surface area contributed by atoms with Gasteiger partial charge in [-0.25, -0.2) is 9.78 Å². The first kappa shape index (κ1) is 23.2. The number of primary amides is 1. The molecule has 3 amide bonds. The first-order valence-electron chi connectivity index (χ1n) is 11.4. The number of hydrogen-bond acceptors (Lipinski definition) is 6. The zero-order valence-corrected chi connectivity index (χ0v) is 19.2.